The Kier molecular flexibility index (Phi) is 14.1. The molecular formula is C13H29Cl2N3O2. The Morgan fingerprint density at radius 1 is 1.20 bits per heavy atom. The van der Waals surface area contributed by atoms with Crippen molar-refractivity contribution in [2.45, 2.75) is 13.8 Å². The molecule has 0 aromatic rings. The van der Waals surface area contributed by atoms with Gasteiger partial charge in [-0.05, 0) is 5.92 Å². The lowest BCUT2D eigenvalue weighted by molar-refractivity contribution is -0.132. The minimum atomic E-state index is 0. The van der Waals surface area contributed by atoms with Crippen molar-refractivity contribution in [3.8, 4) is 0 Å². The average Bonchev–Trinajstić information content (AvgIpc) is 2.34. The van der Waals surface area contributed by atoms with Gasteiger partial charge in [0.15, 0.2) is 0 Å². The van der Waals surface area contributed by atoms with Gasteiger partial charge in [-0.2, -0.15) is 0 Å². The number of hydrogen-bond acceptors (Lipinski definition) is 4. The minimum Gasteiger partial charge on any atom is -0.383 e. The van der Waals surface area contributed by atoms with Crippen LogP contribution in [0.4, 0.5) is 0 Å². The molecule has 1 heterocycles. The van der Waals surface area contributed by atoms with E-state index in [1.54, 1.807) is 7.11 Å². The number of nitrogens with one attached hydrogen (secondary N) is 1. The van der Waals surface area contributed by atoms with E-state index in [1.165, 1.54) is 0 Å². The van der Waals surface area contributed by atoms with Crippen molar-refractivity contribution < 1.29 is 9.53 Å². The molecule has 1 aliphatic heterocycles. The standard InChI is InChI=1S/C13H27N3O2.2ClH/c1-12(2)11-15-5-7-16(8-6-15)13(17)10-14-4-9-18-3;;/h12,14H,4-11H2,1-3H3;2*1H. The summed E-state index contributed by atoms with van der Waals surface area (Å²) in [5.41, 5.74) is 0. The fourth-order valence-electron chi connectivity index (χ4n) is 2.18. The summed E-state index contributed by atoms with van der Waals surface area (Å²) in [6.45, 7) is 11.1. The van der Waals surface area contributed by atoms with Crippen molar-refractivity contribution in [3.63, 3.8) is 0 Å². The maximum absolute atomic E-state index is 11.9. The van der Waals surface area contributed by atoms with Crippen LogP contribution in [-0.4, -0.2) is 75.2 Å². The lowest BCUT2D eigenvalue weighted by Gasteiger charge is -2.35. The van der Waals surface area contributed by atoms with Crippen LogP contribution in [0.1, 0.15) is 13.8 Å². The monoisotopic (exact) mass is 329 g/mol. The van der Waals surface area contributed by atoms with Crippen LogP contribution < -0.4 is 5.32 Å². The fraction of sp³-hybridized carbons (Fsp3) is 0.923. The normalized spacial score (nSPS) is 15.7. The van der Waals surface area contributed by atoms with Crippen molar-refractivity contribution in [2.24, 2.45) is 5.92 Å². The number of methoxy groups -OCH3 is 1. The van der Waals surface area contributed by atoms with E-state index in [1.807, 2.05) is 4.90 Å². The van der Waals surface area contributed by atoms with Crippen LogP contribution >= 0.6 is 24.8 Å². The molecule has 1 fully saturated rings. The van der Waals surface area contributed by atoms with Crippen molar-refractivity contribution >= 4 is 30.7 Å². The number of halogens is 2. The zero-order valence-electron chi connectivity index (χ0n) is 12.8. The second-order valence-corrected chi connectivity index (χ2v) is 5.24. The molecule has 0 aliphatic carbocycles. The van der Waals surface area contributed by atoms with Crippen LogP contribution in [0.5, 0.6) is 0 Å². The number of nitrogens with zero attached hydrogens (tertiary/aromatic N) is 2. The molecule has 0 bridgehead atoms. The molecule has 20 heavy (non-hydrogen) atoms. The van der Waals surface area contributed by atoms with Gasteiger partial charge in [0, 0.05) is 46.4 Å². The van der Waals surface area contributed by atoms with Crippen LogP contribution in [-0.2, 0) is 9.53 Å². The molecule has 1 rings (SSSR count). The Morgan fingerprint density at radius 3 is 2.30 bits per heavy atom. The molecule has 1 aliphatic rings. The summed E-state index contributed by atoms with van der Waals surface area (Å²) >= 11 is 0. The highest BCUT2D eigenvalue weighted by Gasteiger charge is 2.20. The first-order valence-electron chi connectivity index (χ1n) is 6.83. The second kappa shape index (κ2) is 12.7. The number of carbonyl (C=O) groups excluding carboxylic acids is 1. The van der Waals surface area contributed by atoms with Crippen molar-refractivity contribution in [3.05, 3.63) is 0 Å². The molecule has 5 nitrogen and oxygen atoms in total. The van der Waals surface area contributed by atoms with Crippen molar-refractivity contribution in [2.75, 3.05) is 59.5 Å². The Balaban J connectivity index is 0. The maximum Gasteiger partial charge on any atom is 0.236 e. The van der Waals surface area contributed by atoms with E-state index in [9.17, 15) is 4.79 Å². The summed E-state index contributed by atoms with van der Waals surface area (Å²) in [5, 5.41) is 3.10. The summed E-state index contributed by atoms with van der Waals surface area (Å²) in [7, 11) is 1.66. The van der Waals surface area contributed by atoms with E-state index in [-0.39, 0.29) is 30.7 Å². The zero-order valence-corrected chi connectivity index (χ0v) is 14.4. The number of piperazine rings is 1. The number of amides is 1. The predicted molar refractivity (Wildman–Crippen MR) is 87.1 cm³/mol. The number of carbonyl (C=O) groups is 1. The van der Waals surface area contributed by atoms with E-state index in [0.29, 0.717) is 19.1 Å². The van der Waals surface area contributed by atoms with Crippen LogP contribution in [0.15, 0.2) is 0 Å². The van der Waals surface area contributed by atoms with Gasteiger partial charge in [0.25, 0.3) is 0 Å². The van der Waals surface area contributed by atoms with Gasteiger partial charge < -0.3 is 15.0 Å². The number of rotatable bonds is 7. The van der Waals surface area contributed by atoms with Crippen molar-refractivity contribution in [1.29, 1.82) is 0 Å². The molecule has 0 atom stereocenters. The summed E-state index contributed by atoms with van der Waals surface area (Å²) < 4.78 is 4.93. The smallest absolute Gasteiger partial charge is 0.236 e. The summed E-state index contributed by atoms with van der Waals surface area (Å²) in [4.78, 5) is 16.3. The molecule has 0 saturated carbocycles. The average molecular weight is 330 g/mol. The van der Waals surface area contributed by atoms with Gasteiger partial charge in [-0.3, -0.25) is 9.69 Å². The molecule has 0 aromatic carbocycles. The zero-order chi connectivity index (χ0) is 13.4. The van der Waals surface area contributed by atoms with Gasteiger partial charge >= 0.3 is 0 Å². The highest BCUT2D eigenvalue weighted by Crippen LogP contribution is 2.05. The van der Waals surface area contributed by atoms with Gasteiger partial charge in [0.2, 0.25) is 5.91 Å². The molecule has 0 unspecified atom stereocenters. The second-order valence-electron chi connectivity index (χ2n) is 5.24. The SMILES string of the molecule is COCCNCC(=O)N1CCN(CC(C)C)CC1.Cl.Cl. The van der Waals surface area contributed by atoms with Crippen LogP contribution in [0, 0.1) is 5.92 Å². The molecule has 0 spiro atoms. The number of hydrogen-bond donors (Lipinski definition) is 1. The summed E-state index contributed by atoms with van der Waals surface area (Å²) in [5.74, 6) is 0.901. The molecule has 1 saturated heterocycles. The highest BCUT2D eigenvalue weighted by atomic mass is 35.5. The Labute approximate surface area is 135 Å². The molecule has 1 amide bonds. The predicted octanol–water partition coefficient (Wildman–Crippen LogP) is 0.866. The first-order valence-corrected chi connectivity index (χ1v) is 6.83. The van der Waals surface area contributed by atoms with Gasteiger partial charge in [0.1, 0.15) is 0 Å². The largest absolute Gasteiger partial charge is 0.383 e. The van der Waals surface area contributed by atoms with Crippen LogP contribution in [0.2, 0.25) is 0 Å². The molecule has 1 N–H and O–H groups in total. The lowest BCUT2D eigenvalue weighted by Crippen LogP contribution is -2.51. The van der Waals surface area contributed by atoms with Crippen molar-refractivity contribution in [1.82, 2.24) is 15.1 Å². The van der Waals surface area contributed by atoms with Gasteiger partial charge in [-0.25, -0.2) is 0 Å². The summed E-state index contributed by atoms with van der Waals surface area (Å²) in [6, 6.07) is 0. The third-order valence-corrected chi connectivity index (χ3v) is 3.11. The van der Waals surface area contributed by atoms with Crippen LogP contribution in [0.3, 0.4) is 0 Å². The third kappa shape index (κ3) is 8.97. The molecule has 0 aromatic heterocycles. The molecule has 7 heteroatoms. The van der Waals surface area contributed by atoms with Gasteiger partial charge in [-0.15, -0.1) is 24.8 Å². The van der Waals surface area contributed by atoms with Gasteiger partial charge in [-0.1, -0.05) is 13.8 Å². The van der Waals surface area contributed by atoms with E-state index < -0.39 is 0 Å². The molecule has 0 radical (unpaired) electrons. The van der Waals surface area contributed by atoms with E-state index >= 15 is 0 Å². The lowest BCUT2D eigenvalue weighted by atomic mass is 10.2. The Bertz CT molecular complexity index is 248. The fourth-order valence-corrected chi connectivity index (χ4v) is 2.18. The first-order chi connectivity index (χ1) is 8.63. The maximum atomic E-state index is 11.9. The van der Waals surface area contributed by atoms with E-state index in [0.717, 1.165) is 39.3 Å². The molecule has 122 valence electrons. The third-order valence-electron chi connectivity index (χ3n) is 3.11. The van der Waals surface area contributed by atoms with E-state index in [4.69, 9.17) is 4.74 Å². The van der Waals surface area contributed by atoms with Crippen LogP contribution in [0.25, 0.3) is 0 Å². The van der Waals surface area contributed by atoms with Gasteiger partial charge in [0.05, 0.1) is 13.2 Å². The topological polar surface area (TPSA) is 44.8 Å². The Hall–Kier alpha value is -0.0700. The van der Waals surface area contributed by atoms with E-state index in [2.05, 4.69) is 24.1 Å². The Morgan fingerprint density at radius 2 is 1.80 bits per heavy atom. The quantitative estimate of drug-likeness (QED) is 0.704. The summed E-state index contributed by atoms with van der Waals surface area (Å²) in [6.07, 6.45) is 0. The number of ether oxygens (including phenoxy) is 1. The highest BCUT2D eigenvalue weighted by molar-refractivity contribution is 5.85. The first kappa shape index (κ1) is 22.2. The minimum absolute atomic E-state index is 0. The molecular weight excluding hydrogens is 301 g/mol.